The molecule has 4 fully saturated rings. The molecule has 0 amide bonds. The molecule has 0 radical (unpaired) electrons. The summed E-state index contributed by atoms with van der Waals surface area (Å²) in [6.07, 6.45) is 10.4. The van der Waals surface area contributed by atoms with Crippen molar-refractivity contribution >= 4 is 11.7 Å². The fourth-order valence-electron chi connectivity index (χ4n) is 7.73. The third-order valence-electron chi connectivity index (χ3n) is 8.90. The van der Waals surface area contributed by atoms with Crippen molar-refractivity contribution < 1.29 is 9.53 Å². The van der Waals surface area contributed by atoms with Gasteiger partial charge in [-0.3, -0.25) is 0 Å². The van der Waals surface area contributed by atoms with Crippen molar-refractivity contribution in [3.63, 3.8) is 0 Å². The highest BCUT2D eigenvalue weighted by molar-refractivity contribution is 5.90. The molecule has 4 aliphatic carbocycles. The van der Waals surface area contributed by atoms with Crippen molar-refractivity contribution in [1.82, 2.24) is 9.97 Å². The van der Waals surface area contributed by atoms with E-state index in [0.717, 1.165) is 58.9 Å². The number of para-hydroxylation sites is 1. The van der Waals surface area contributed by atoms with Crippen LogP contribution in [-0.4, -0.2) is 30.0 Å². The predicted molar refractivity (Wildman–Crippen MR) is 143 cm³/mol. The number of nitrogens with one attached hydrogen (secondary N) is 1. The van der Waals surface area contributed by atoms with Gasteiger partial charge in [-0.1, -0.05) is 42.5 Å². The van der Waals surface area contributed by atoms with Crippen LogP contribution in [0.25, 0.3) is 11.4 Å². The Morgan fingerprint density at radius 1 is 0.972 bits per heavy atom. The smallest absolute Gasteiger partial charge is 0.359 e. The molecule has 188 valence electrons. The minimum Gasteiger partial charge on any atom is -0.456 e. The first-order valence-electron chi connectivity index (χ1n) is 13.5. The minimum absolute atomic E-state index is 0.255. The monoisotopic (exact) mass is 483 g/mol. The number of esters is 1. The van der Waals surface area contributed by atoms with Crippen molar-refractivity contribution in [3.8, 4) is 11.4 Å². The lowest BCUT2D eigenvalue weighted by Gasteiger charge is -2.57. The van der Waals surface area contributed by atoms with E-state index in [2.05, 4.69) is 22.0 Å². The summed E-state index contributed by atoms with van der Waals surface area (Å²) in [5.74, 6) is 3.18. The van der Waals surface area contributed by atoms with E-state index in [1.165, 1.54) is 38.5 Å². The van der Waals surface area contributed by atoms with Crippen molar-refractivity contribution in [2.24, 2.45) is 23.2 Å². The first-order chi connectivity index (χ1) is 17.5. The Hall–Kier alpha value is -3.08. The van der Waals surface area contributed by atoms with Crippen LogP contribution in [0.4, 0.5) is 5.69 Å². The fourth-order valence-corrected chi connectivity index (χ4v) is 7.73. The van der Waals surface area contributed by atoms with E-state index in [9.17, 15) is 4.79 Å². The van der Waals surface area contributed by atoms with Crippen molar-refractivity contribution in [2.75, 3.05) is 19.0 Å². The van der Waals surface area contributed by atoms with Crippen LogP contribution in [-0.2, 0) is 17.8 Å². The largest absolute Gasteiger partial charge is 0.456 e. The Kier molecular flexibility index (Phi) is 6.10. The number of carbonyl (C=O) groups excluding carboxylic acids is 1. The van der Waals surface area contributed by atoms with Crippen LogP contribution in [0.5, 0.6) is 0 Å². The molecule has 4 saturated carbocycles. The van der Waals surface area contributed by atoms with Crippen molar-refractivity contribution in [1.29, 1.82) is 0 Å². The molecular formula is C31H37N3O2. The zero-order valence-electron chi connectivity index (χ0n) is 21.5. The van der Waals surface area contributed by atoms with Crippen LogP contribution in [0.3, 0.4) is 0 Å². The molecule has 4 bridgehead atoms. The van der Waals surface area contributed by atoms with Crippen molar-refractivity contribution in [2.45, 2.75) is 58.0 Å². The van der Waals surface area contributed by atoms with E-state index >= 15 is 0 Å². The standard InChI is InChI=1S/C31H37N3O2/c1-34(2)27-11-7-6-10-25(27)29-32-26(28(33-29)30(35)36-20-21-8-4-3-5-9-21)12-13-31-17-22-14-23(18-31)16-24(15-22)19-31/h3-11,22-24H,12-20H2,1-2H3,(H,32,33). The lowest BCUT2D eigenvalue weighted by atomic mass is 9.48. The maximum Gasteiger partial charge on any atom is 0.359 e. The molecule has 0 unspecified atom stereocenters. The molecule has 1 aromatic heterocycles. The maximum absolute atomic E-state index is 13.3. The third kappa shape index (κ3) is 4.56. The normalized spacial score (nSPS) is 26.2. The van der Waals surface area contributed by atoms with Gasteiger partial charge in [0.15, 0.2) is 5.69 Å². The molecule has 1 heterocycles. The van der Waals surface area contributed by atoms with E-state index in [1.54, 1.807) is 0 Å². The number of rotatable bonds is 8. The number of nitrogens with zero attached hydrogens (tertiary/aromatic N) is 2. The number of carbonyl (C=O) groups is 1. The molecule has 1 N–H and O–H groups in total. The molecule has 0 spiro atoms. The lowest BCUT2D eigenvalue weighted by Crippen LogP contribution is -2.46. The lowest BCUT2D eigenvalue weighted by molar-refractivity contribution is -0.0571. The van der Waals surface area contributed by atoms with E-state index in [1.807, 2.05) is 56.6 Å². The average molecular weight is 484 g/mol. The Morgan fingerprint density at radius 2 is 1.61 bits per heavy atom. The summed E-state index contributed by atoms with van der Waals surface area (Å²) in [5, 5.41) is 0. The number of imidazole rings is 1. The van der Waals surface area contributed by atoms with Crippen LogP contribution in [0.15, 0.2) is 54.6 Å². The van der Waals surface area contributed by atoms with Crippen LogP contribution >= 0.6 is 0 Å². The Bertz CT molecular complexity index is 1190. The SMILES string of the molecule is CN(C)c1ccccc1-c1nc(C(=O)OCc2ccccc2)c(CCC23CC4CC(CC(C4)C2)C3)[nH]1. The van der Waals surface area contributed by atoms with Crippen LogP contribution < -0.4 is 4.90 Å². The van der Waals surface area contributed by atoms with E-state index in [4.69, 9.17) is 9.72 Å². The van der Waals surface area contributed by atoms with Gasteiger partial charge in [0.05, 0.1) is 0 Å². The summed E-state index contributed by atoms with van der Waals surface area (Å²) in [6.45, 7) is 0.255. The summed E-state index contributed by atoms with van der Waals surface area (Å²) >= 11 is 0. The molecule has 5 nitrogen and oxygen atoms in total. The second-order valence-electron chi connectivity index (χ2n) is 11.8. The molecule has 36 heavy (non-hydrogen) atoms. The predicted octanol–water partition coefficient (Wildman–Crippen LogP) is 6.65. The number of benzene rings is 2. The molecule has 4 aliphatic rings. The summed E-state index contributed by atoms with van der Waals surface area (Å²) in [4.78, 5) is 23.8. The molecule has 7 rings (SSSR count). The van der Waals surface area contributed by atoms with Crippen molar-refractivity contribution in [3.05, 3.63) is 71.5 Å². The van der Waals surface area contributed by atoms with Gasteiger partial charge in [-0.15, -0.1) is 0 Å². The topological polar surface area (TPSA) is 58.2 Å². The third-order valence-corrected chi connectivity index (χ3v) is 8.90. The molecule has 0 saturated heterocycles. The van der Waals surface area contributed by atoms with Gasteiger partial charge in [-0.2, -0.15) is 0 Å². The van der Waals surface area contributed by atoms with E-state index in [0.29, 0.717) is 11.1 Å². The molecule has 5 heteroatoms. The average Bonchev–Trinajstić information content (AvgIpc) is 3.30. The van der Waals surface area contributed by atoms with Crippen LogP contribution in [0, 0.1) is 23.2 Å². The number of hydrogen-bond acceptors (Lipinski definition) is 4. The number of H-pyrrole nitrogens is 1. The quantitative estimate of drug-likeness (QED) is 0.365. The highest BCUT2D eigenvalue weighted by Gasteiger charge is 2.50. The first-order valence-corrected chi connectivity index (χ1v) is 13.5. The molecule has 0 aliphatic heterocycles. The second kappa shape index (κ2) is 9.42. The van der Waals surface area contributed by atoms with Crippen LogP contribution in [0.2, 0.25) is 0 Å². The number of anilines is 1. The zero-order chi connectivity index (χ0) is 24.7. The zero-order valence-corrected chi connectivity index (χ0v) is 21.5. The summed E-state index contributed by atoms with van der Waals surface area (Å²) in [5.41, 5.74) is 4.87. The van der Waals surface area contributed by atoms with E-state index < -0.39 is 0 Å². The highest BCUT2D eigenvalue weighted by atomic mass is 16.5. The number of ether oxygens (including phenoxy) is 1. The van der Waals surface area contributed by atoms with Crippen LogP contribution in [0.1, 0.15) is 66.7 Å². The number of hydrogen-bond donors (Lipinski definition) is 1. The number of aryl methyl sites for hydroxylation is 1. The number of aromatic nitrogens is 2. The Labute approximate surface area is 214 Å². The molecule has 0 atom stereocenters. The summed E-state index contributed by atoms with van der Waals surface area (Å²) in [7, 11) is 4.07. The second-order valence-corrected chi connectivity index (χ2v) is 11.8. The molecule has 3 aromatic rings. The summed E-state index contributed by atoms with van der Waals surface area (Å²) in [6, 6.07) is 18.1. The van der Waals surface area contributed by atoms with Gasteiger partial charge in [-0.05, 0) is 92.2 Å². The van der Waals surface area contributed by atoms with Gasteiger partial charge in [0.2, 0.25) is 0 Å². The maximum atomic E-state index is 13.3. The van der Waals surface area contributed by atoms with E-state index in [-0.39, 0.29) is 12.6 Å². The van der Waals surface area contributed by atoms with Gasteiger partial charge in [0.25, 0.3) is 0 Å². The Balaban J connectivity index is 1.27. The molecular weight excluding hydrogens is 446 g/mol. The summed E-state index contributed by atoms with van der Waals surface area (Å²) < 4.78 is 5.75. The highest BCUT2D eigenvalue weighted by Crippen LogP contribution is 2.61. The minimum atomic E-state index is -0.343. The van der Waals surface area contributed by atoms with Gasteiger partial charge in [-0.25, -0.2) is 9.78 Å². The van der Waals surface area contributed by atoms with Gasteiger partial charge < -0.3 is 14.6 Å². The van der Waals surface area contributed by atoms with Gasteiger partial charge in [0.1, 0.15) is 12.4 Å². The molecule has 2 aromatic carbocycles. The fraction of sp³-hybridized carbons (Fsp3) is 0.484. The first kappa shape index (κ1) is 23.3. The van der Waals surface area contributed by atoms with Gasteiger partial charge in [0, 0.05) is 31.0 Å². The number of aromatic amines is 1. The Morgan fingerprint density at radius 3 is 2.28 bits per heavy atom. The van der Waals surface area contributed by atoms with Gasteiger partial charge >= 0.3 is 5.97 Å².